The molecule has 0 saturated heterocycles. The summed E-state index contributed by atoms with van der Waals surface area (Å²) in [5, 5.41) is 22.0. The van der Waals surface area contributed by atoms with Crippen molar-refractivity contribution in [3.05, 3.63) is 256 Å². The second kappa shape index (κ2) is 19.1. The average Bonchev–Trinajstić information content (AvgIpc) is 1.43. The third-order valence-corrected chi connectivity index (χ3v) is 17.6. The van der Waals surface area contributed by atoms with Crippen molar-refractivity contribution < 1.29 is 0 Å². The van der Waals surface area contributed by atoms with E-state index in [4.69, 9.17) is 15.0 Å². The van der Waals surface area contributed by atoms with Crippen LogP contribution in [0.1, 0.15) is 50.1 Å². The lowest BCUT2D eigenvalue weighted by molar-refractivity contribution is 1.01. The van der Waals surface area contributed by atoms with Crippen LogP contribution in [0, 0.1) is 66.7 Å². The lowest BCUT2D eigenvalue weighted by Crippen LogP contribution is -2.17. The first-order valence-corrected chi connectivity index (χ1v) is 29.5. The Hall–Kier alpha value is -10.9. The Labute approximate surface area is 497 Å². The topological polar surface area (TPSA) is 82.2 Å². The SMILES string of the molecule is Cc1ccc2c(c1)c1cc(C)ccc1n2-c1c(C#N)c(-c2nc(-c3ccccc3)nc(-c3ccccc3)n2)c(-n2c3ccc(C)cc3c3cc(C)ccc32)c(-n2c3ccc(C)cc3c3cc(C)ccc32)c1-n1c2ccc(C)cc2c2cc(C)ccc21. The number of aromatic nitrogens is 7. The highest BCUT2D eigenvalue weighted by molar-refractivity contribution is 6.17. The Bertz CT molecular complexity index is 5330. The molecule has 8 nitrogen and oxygen atoms in total. The number of nitrogens with zero attached hydrogens (tertiary/aromatic N) is 8. The fourth-order valence-electron chi connectivity index (χ4n) is 13.8. The van der Waals surface area contributed by atoms with Crippen molar-refractivity contribution in [3.8, 4) is 63.0 Å². The van der Waals surface area contributed by atoms with Crippen LogP contribution in [-0.2, 0) is 0 Å². The van der Waals surface area contributed by atoms with E-state index in [-0.39, 0.29) is 0 Å². The van der Waals surface area contributed by atoms with E-state index < -0.39 is 0 Å². The van der Waals surface area contributed by atoms with Gasteiger partial charge in [-0.3, -0.25) is 0 Å². The molecule has 5 heterocycles. The van der Waals surface area contributed by atoms with Crippen LogP contribution in [0.3, 0.4) is 0 Å². The van der Waals surface area contributed by atoms with E-state index in [2.05, 4.69) is 225 Å². The molecule has 410 valence electrons. The van der Waals surface area contributed by atoms with Crippen LogP contribution < -0.4 is 0 Å². The Morgan fingerprint density at radius 1 is 0.267 bits per heavy atom. The third-order valence-electron chi connectivity index (χ3n) is 17.6. The zero-order valence-corrected chi connectivity index (χ0v) is 49.2. The average molecular weight is 1110 g/mol. The number of hydrogen-bond acceptors (Lipinski definition) is 4. The van der Waals surface area contributed by atoms with Gasteiger partial charge in [0, 0.05) is 54.2 Å². The minimum atomic E-state index is 0.362. The van der Waals surface area contributed by atoms with Crippen LogP contribution in [0.25, 0.3) is 144 Å². The van der Waals surface area contributed by atoms with Crippen LogP contribution >= 0.6 is 0 Å². The largest absolute Gasteiger partial charge is 0.306 e. The number of hydrogen-bond donors (Lipinski definition) is 0. The van der Waals surface area contributed by atoms with Gasteiger partial charge in [-0.25, -0.2) is 15.0 Å². The maximum absolute atomic E-state index is 13.2. The van der Waals surface area contributed by atoms with Gasteiger partial charge in [0.25, 0.3) is 0 Å². The molecule has 0 fully saturated rings. The van der Waals surface area contributed by atoms with E-state index in [9.17, 15) is 5.26 Å². The molecule has 0 atom stereocenters. The number of aryl methyl sites for hydroxylation is 8. The van der Waals surface area contributed by atoms with Gasteiger partial charge in [0.1, 0.15) is 6.07 Å². The van der Waals surface area contributed by atoms with Crippen molar-refractivity contribution >= 4 is 87.2 Å². The summed E-state index contributed by atoms with van der Waals surface area (Å²) in [4.78, 5) is 16.7. The Morgan fingerprint density at radius 2 is 0.500 bits per heavy atom. The number of benzene rings is 11. The minimum Gasteiger partial charge on any atom is -0.306 e. The summed E-state index contributed by atoms with van der Waals surface area (Å²) in [6, 6.07) is 77.7. The van der Waals surface area contributed by atoms with Crippen molar-refractivity contribution in [1.29, 1.82) is 5.26 Å². The van der Waals surface area contributed by atoms with Gasteiger partial charge in [-0.1, -0.05) is 154 Å². The second-order valence-corrected chi connectivity index (χ2v) is 23.8. The second-order valence-electron chi connectivity index (χ2n) is 23.8. The molecule has 0 saturated carbocycles. The monoisotopic (exact) mass is 1110 g/mol. The quantitative estimate of drug-likeness (QED) is 0.159. The van der Waals surface area contributed by atoms with E-state index in [1.165, 1.54) is 0 Å². The molecule has 0 aliphatic rings. The molecule has 86 heavy (non-hydrogen) atoms. The van der Waals surface area contributed by atoms with Gasteiger partial charge >= 0.3 is 0 Å². The Balaban J connectivity index is 1.28. The molecule has 0 unspecified atom stereocenters. The summed E-state index contributed by atoms with van der Waals surface area (Å²) in [5.41, 5.74) is 22.8. The van der Waals surface area contributed by atoms with Crippen LogP contribution in [0.4, 0.5) is 0 Å². The summed E-state index contributed by atoms with van der Waals surface area (Å²) < 4.78 is 9.79. The highest BCUT2D eigenvalue weighted by Gasteiger charge is 2.37. The first kappa shape index (κ1) is 50.8. The Kier molecular flexibility index (Phi) is 11.3. The molecule has 16 rings (SSSR count). The molecule has 0 spiro atoms. The normalized spacial score (nSPS) is 11.9. The summed E-state index contributed by atoms with van der Waals surface area (Å²) in [6.45, 7) is 17.4. The van der Waals surface area contributed by atoms with E-state index in [0.717, 1.165) is 160 Å². The molecular formula is C78H58N8. The van der Waals surface area contributed by atoms with Crippen LogP contribution in [0.15, 0.2) is 206 Å². The highest BCUT2D eigenvalue weighted by Crippen LogP contribution is 2.52. The number of nitriles is 1. The van der Waals surface area contributed by atoms with Gasteiger partial charge in [0.15, 0.2) is 17.5 Å². The lowest BCUT2D eigenvalue weighted by atomic mass is 9.96. The lowest BCUT2D eigenvalue weighted by Gasteiger charge is -2.29. The fraction of sp³-hybridized carbons (Fsp3) is 0.103. The summed E-state index contributed by atoms with van der Waals surface area (Å²) in [7, 11) is 0. The summed E-state index contributed by atoms with van der Waals surface area (Å²) >= 11 is 0. The van der Waals surface area contributed by atoms with Gasteiger partial charge in [-0.2, -0.15) is 5.26 Å². The van der Waals surface area contributed by atoms with Crippen molar-refractivity contribution in [2.45, 2.75) is 55.4 Å². The molecule has 5 aromatic heterocycles. The number of fused-ring (bicyclic) bond motifs is 12. The molecular weight excluding hydrogens is 1050 g/mol. The fourth-order valence-corrected chi connectivity index (χ4v) is 13.8. The smallest absolute Gasteiger partial charge is 0.167 e. The molecule has 0 amide bonds. The maximum atomic E-state index is 13.2. The zero-order valence-electron chi connectivity index (χ0n) is 49.2. The van der Waals surface area contributed by atoms with E-state index in [1.54, 1.807) is 0 Å². The highest BCUT2D eigenvalue weighted by atomic mass is 15.2. The van der Waals surface area contributed by atoms with Crippen molar-refractivity contribution in [2.75, 3.05) is 0 Å². The van der Waals surface area contributed by atoms with E-state index in [0.29, 0.717) is 34.3 Å². The van der Waals surface area contributed by atoms with E-state index >= 15 is 0 Å². The van der Waals surface area contributed by atoms with E-state index in [1.807, 2.05) is 60.7 Å². The first-order valence-electron chi connectivity index (χ1n) is 29.5. The molecule has 0 N–H and O–H groups in total. The summed E-state index contributed by atoms with van der Waals surface area (Å²) in [6.07, 6.45) is 0. The molecule has 16 aromatic rings. The maximum Gasteiger partial charge on any atom is 0.167 e. The van der Waals surface area contributed by atoms with Crippen molar-refractivity contribution in [1.82, 2.24) is 33.2 Å². The van der Waals surface area contributed by atoms with Gasteiger partial charge in [-0.05, 0) is 152 Å². The molecule has 0 aliphatic heterocycles. The molecule has 8 heteroatoms. The van der Waals surface area contributed by atoms with Crippen molar-refractivity contribution in [3.63, 3.8) is 0 Å². The predicted molar refractivity (Wildman–Crippen MR) is 356 cm³/mol. The van der Waals surface area contributed by atoms with Gasteiger partial charge < -0.3 is 18.3 Å². The molecule has 0 bridgehead atoms. The third kappa shape index (κ3) is 7.64. The van der Waals surface area contributed by atoms with Gasteiger partial charge in [-0.15, -0.1) is 0 Å². The van der Waals surface area contributed by atoms with Crippen LogP contribution in [0.2, 0.25) is 0 Å². The first-order chi connectivity index (χ1) is 41.9. The van der Waals surface area contributed by atoms with Crippen LogP contribution in [-0.4, -0.2) is 33.2 Å². The molecule has 0 radical (unpaired) electrons. The standard InChI is InChI=1S/C78H58N8/c1-44-19-27-63-54(35-44)55-36-45(2)20-28-64(55)83(63)72-62(43-79)71(78-81-76(52-15-11-9-12-16-52)80-77(82-78)53-17-13-10-14-18-53)73(84-65-29-21-46(3)37-56(65)57-38-47(4)22-30-66(57)84)75(86-69-33-25-50(7)41-60(69)61-42-51(8)26-34-70(61)86)74(72)85-67-31-23-48(5)39-58(67)59-40-49(6)24-32-68(59)85/h9-42H,1-8H3. The summed E-state index contributed by atoms with van der Waals surface area (Å²) in [5.74, 6) is 1.34. The Morgan fingerprint density at radius 3 is 0.767 bits per heavy atom. The number of rotatable bonds is 7. The predicted octanol–water partition coefficient (Wildman–Crippen LogP) is 19.6. The van der Waals surface area contributed by atoms with Gasteiger partial charge in [0.2, 0.25) is 0 Å². The van der Waals surface area contributed by atoms with Crippen molar-refractivity contribution in [2.24, 2.45) is 0 Å². The molecule has 0 aliphatic carbocycles. The zero-order chi connectivity index (χ0) is 58.4. The minimum absolute atomic E-state index is 0.362. The van der Waals surface area contributed by atoms with Crippen LogP contribution in [0.5, 0.6) is 0 Å². The van der Waals surface area contributed by atoms with Gasteiger partial charge in [0.05, 0.1) is 78.0 Å². The molecule has 11 aromatic carbocycles.